The molecule has 0 aromatic heterocycles. The van der Waals surface area contributed by atoms with Crippen LogP contribution in [0.25, 0.3) is 0 Å². The van der Waals surface area contributed by atoms with Crippen LogP contribution in [0.1, 0.15) is 287 Å². The molecular formula is C62H118O3. The number of ether oxygens (including phenoxy) is 2. The summed E-state index contributed by atoms with van der Waals surface area (Å²) in [5, 5.41) is 9.33. The van der Waals surface area contributed by atoms with Gasteiger partial charge in [-0.3, -0.25) is 0 Å². The highest BCUT2D eigenvalue weighted by atomic mass is 16.6. The van der Waals surface area contributed by atoms with Gasteiger partial charge in [0.05, 0.1) is 6.10 Å². The Hall–Kier alpha value is -1.68. The summed E-state index contributed by atoms with van der Waals surface area (Å²) in [6, 6.07) is 0. The van der Waals surface area contributed by atoms with Crippen LogP contribution < -0.4 is 0 Å². The molecule has 0 aliphatic heterocycles. The molecule has 1 aliphatic carbocycles. The molecule has 0 bridgehead atoms. The number of aliphatic hydroxyl groups excluding tert-OH is 1. The van der Waals surface area contributed by atoms with Gasteiger partial charge < -0.3 is 14.6 Å². The normalized spacial score (nSPS) is 14.3. The molecule has 0 amide bonds. The van der Waals surface area contributed by atoms with Gasteiger partial charge in [0.25, 0.3) is 0 Å². The topological polar surface area (TPSA) is 38.7 Å². The van der Waals surface area contributed by atoms with Crippen LogP contribution in [0.3, 0.4) is 0 Å². The second kappa shape index (κ2) is 58.4. The smallest absolute Gasteiger partial charge is 0.154 e. The molecule has 1 fully saturated rings. The van der Waals surface area contributed by atoms with Gasteiger partial charge in [-0.1, -0.05) is 263 Å². The van der Waals surface area contributed by atoms with Gasteiger partial charge >= 0.3 is 0 Å². The first kappa shape index (κ1) is 67.6. The van der Waals surface area contributed by atoms with E-state index in [1.807, 2.05) is 32.9 Å². The fourth-order valence-corrected chi connectivity index (χ4v) is 8.11. The lowest BCUT2D eigenvalue weighted by Gasteiger charge is -2.15. The van der Waals surface area contributed by atoms with E-state index in [4.69, 9.17) is 9.47 Å². The van der Waals surface area contributed by atoms with E-state index in [9.17, 15) is 5.11 Å². The Labute approximate surface area is 410 Å². The average molecular weight is 912 g/mol. The number of aliphatic hydroxyl groups is 1. The minimum Gasteiger partial charge on any atom is -0.379 e. The number of rotatable bonds is 42. The van der Waals surface area contributed by atoms with Crippen molar-refractivity contribution in [2.45, 2.75) is 299 Å². The van der Waals surface area contributed by atoms with Gasteiger partial charge in [-0.2, -0.15) is 0 Å². The molecule has 65 heavy (non-hydrogen) atoms. The minimum absolute atomic E-state index is 0.439. The molecule has 0 heterocycles. The predicted octanol–water partition coefficient (Wildman–Crippen LogP) is 21.1. The zero-order valence-corrected chi connectivity index (χ0v) is 45.6. The third kappa shape index (κ3) is 58.4. The standard InChI is InChI=1S/C38H70O.C15H28O2.C7H14.C2H6/c1-7-10-12-14-15-17-20-23-27-35(4)30-32-38(9-3)33-31-36(5)28-24-21-18-16-19-22-26-34-39-37(6)29-25-13-11-8-2;1-3-5-6-7-8-9-10-11-12-14-17-15(16)13-4-2;1-7-5-3-2-4-6-7;1-2/h23-24,27-28,37-38H,4-5,7-22,25-26,29-34H2,1-3,6H3;3,5-6,15-16H,1,4,7-14H2,2H3;7H,2-6H2,1H3;1-2H3/b27-23+,28-24+;6-5+;;. The van der Waals surface area contributed by atoms with Crippen LogP contribution in [0.15, 0.2) is 73.4 Å². The molecule has 1 aliphatic rings. The van der Waals surface area contributed by atoms with Crippen molar-refractivity contribution >= 4 is 0 Å². The Balaban J connectivity index is -0.00000120. The van der Waals surface area contributed by atoms with Crippen molar-refractivity contribution in [2.24, 2.45) is 11.8 Å². The van der Waals surface area contributed by atoms with E-state index in [0.29, 0.717) is 12.7 Å². The van der Waals surface area contributed by atoms with Gasteiger partial charge in [0.2, 0.25) is 0 Å². The highest BCUT2D eigenvalue weighted by Crippen LogP contribution is 2.24. The zero-order valence-electron chi connectivity index (χ0n) is 45.6. The van der Waals surface area contributed by atoms with E-state index in [2.05, 4.69) is 84.7 Å². The van der Waals surface area contributed by atoms with Crippen molar-refractivity contribution in [3.8, 4) is 0 Å². The largest absolute Gasteiger partial charge is 0.379 e. The van der Waals surface area contributed by atoms with Crippen molar-refractivity contribution in [1.29, 1.82) is 0 Å². The SMILES string of the molecule is C=C(/C=C/CCCCCCCC)CCC(CC)CCC(=C)/C=C/CCCCCCCOC(C)CCCCCC.C=C/C=C/CCCCCCCOC(O)CCC.CC.CC1CCCCC1. The quantitative estimate of drug-likeness (QED) is 0.0377. The third-order valence-electron chi connectivity index (χ3n) is 12.7. The molecule has 3 heteroatoms. The zero-order chi connectivity index (χ0) is 48.7. The minimum atomic E-state index is -0.552. The Morgan fingerprint density at radius 2 is 1.00 bits per heavy atom. The first-order valence-electron chi connectivity index (χ1n) is 28.6. The molecule has 1 N–H and O–H groups in total. The number of unbranched alkanes of at least 4 members (excludes halogenated alkanes) is 19. The summed E-state index contributed by atoms with van der Waals surface area (Å²) in [5.74, 6) is 1.82. The van der Waals surface area contributed by atoms with Gasteiger partial charge in [0.1, 0.15) is 0 Å². The molecule has 1 rings (SSSR count). The first-order chi connectivity index (χ1) is 31.7. The molecule has 1 saturated carbocycles. The van der Waals surface area contributed by atoms with Crippen molar-refractivity contribution in [3.63, 3.8) is 0 Å². The summed E-state index contributed by atoms with van der Waals surface area (Å²) < 4.78 is 11.3. The van der Waals surface area contributed by atoms with Crippen molar-refractivity contribution in [1.82, 2.24) is 0 Å². The summed E-state index contributed by atoms with van der Waals surface area (Å²) in [4.78, 5) is 0. The van der Waals surface area contributed by atoms with Crippen molar-refractivity contribution < 1.29 is 14.6 Å². The lowest BCUT2D eigenvalue weighted by molar-refractivity contribution is -0.104. The summed E-state index contributed by atoms with van der Waals surface area (Å²) in [6.07, 6.45) is 61.2. The summed E-state index contributed by atoms with van der Waals surface area (Å²) in [5.41, 5.74) is 2.60. The maximum Gasteiger partial charge on any atom is 0.154 e. The molecule has 0 saturated heterocycles. The van der Waals surface area contributed by atoms with Crippen LogP contribution in [0.4, 0.5) is 0 Å². The summed E-state index contributed by atoms with van der Waals surface area (Å²) in [6.45, 7) is 31.4. The van der Waals surface area contributed by atoms with E-state index in [-0.39, 0.29) is 0 Å². The Morgan fingerprint density at radius 3 is 1.45 bits per heavy atom. The molecule has 384 valence electrons. The average Bonchev–Trinajstić information content (AvgIpc) is 3.31. The predicted molar refractivity (Wildman–Crippen MR) is 296 cm³/mol. The monoisotopic (exact) mass is 911 g/mol. The fraction of sp³-hybridized carbons (Fsp3) is 0.806. The number of hydrogen-bond acceptors (Lipinski definition) is 3. The van der Waals surface area contributed by atoms with E-state index < -0.39 is 6.29 Å². The van der Waals surface area contributed by atoms with Crippen molar-refractivity contribution in [3.05, 3.63) is 73.4 Å². The summed E-state index contributed by atoms with van der Waals surface area (Å²) >= 11 is 0. The van der Waals surface area contributed by atoms with Gasteiger partial charge in [0, 0.05) is 13.2 Å². The fourth-order valence-electron chi connectivity index (χ4n) is 8.11. The first-order valence-corrected chi connectivity index (χ1v) is 28.6. The molecular weight excluding hydrogens is 793 g/mol. The maximum atomic E-state index is 9.33. The highest BCUT2D eigenvalue weighted by Gasteiger charge is 2.08. The molecule has 0 aromatic carbocycles. The van der Waals surface area contributed by atoms with E-state index in [0.717, 1.165) is 57.0 Å². The van der Waals surface area contributed by atoms with Crippen LogP contribution in [0.2, 0.25) is 0 Å². The lowest BCUT2D eigenvalue weighted by atomic mass is 9.91. The maximum absolute atomic E-state index is 9.33. The molecule has 0 radical (unpaired) electrons. The van der Waals surface area contributed by atoms with Crippen LogP contribution in [-0.2, 0) is 9.47 Å². The van der Waals surface area contributed by atoms with Crippen LogP contribution >= 0.6 is 0 Å². The number of hydrogen-bond donors (Lipinski definition) is 1. The summed E-state index contributed by atoms with van der Waals surface area (Å²) in [7, 11) is 0. The van der Waals surface area contributed by atoms with Gasteiger partial charge in [-0.05, 0) is 109 Å². The van der Waals surface area contributed by atoms with Gasteiger partial charge in [-0.25, -0.2) is 0 Å². The van der Waals surface area contributed by atoms with Crippen molar-refractivity contribution in [2.75, 3.05) is 13.2 Å². The van der Waals surface area contributed by atoms with Crippen LogP contribution in [0.5, 0.6) is 0 Å². The molecule has 3 nitrogen and oxygen atoms in total. The Morgan fingerprint density at radius 1 is 0.554 bits per heavy atom. The highest BCUT2D eigenvalue weighted by molar-refractivity contribution is 5.15. The molecule has 3 unspecified atom stereocenters. The molecule has 0 aromatic rings. The van der Waals surface area contributed by atoms with E-state index in [1.165, 1.54) is 204 Å². The lowest BCUT2D eigenvalue weighted by Crippen LogP contribution is -2.12. The van der Waals surface area contributed by atoms with Gasteiger partial charge in [-0.15, -0.1) is 0 Å². The second-order valence-electron chi connectivity index (χ2n) is 19.2. The second-order valence-corrected chi connectivity index (χ2v) is 19.2. The van der Waals surface area contributed by atoms with E-state index in [1.54, 1.807) is 0 Å². The molecule has 3 atom stereocenters. The van der Waals surface area contributed by atoms with Crippen LogP contribution in [0, 0.1) is 11.8 Å². The van der Waals surface area contributed by atoms with Crippen LogP contribution in [-0.4, -0.2) is 30.7 Å². The molecule has 0 spiro atoms. The van der Waals surface area contributed by atoms with E-state index >= 15 is 0 Å². The number of allylic oxidation sites excluding steroid dienone is 9. The Bertz CT molecular complexity index is 1030. The Kier molecular flexibility index (Phi) is 60.8. The third-order valence-corrected chi connectivity index (χ3v) is 12.7. The van der Waals surface area contributed by atoms with Gasteiger partial charge in [0.15, 0.2) is 6.29 Å².